The number of nitrogens with zero attached hydrogens (tertiary/aromatic N) is 1. The number of alkyl halides is 3. The molecule has 0 saturated heterocycles. The molecule has 7 heteroatoms. The van der Waals surface area contributed by atoms with Crippen molar-refractivity contribution >= 4 is 17.6 Å². The van der Waals surface area contributed by atoms with Gasteiger partial charge in [0.05, 0.1) is 17.5 Å². The van der Waals surface area contributed by atoms with Crippen molar-refractivity contribution in [3.8, 4) is 6.07 Å². The van der Waals surface area contributed by atoms with Crippen molar-refractivity contribution in [1.82, 2.24) is 0 Å². The summed E-state index contributed by atoms with van der Waals surface area (Å²) in [6.07, 6.45) is -5.45. The minimum Gasteiger partial charge on any atom is -0.481 e. The van der Waals surface area contributed by atoms with E-state index in [0.29, 0.717) is 6.07 Å². The highest BCUT2D eigenvalue weighted by Gasteiger charge is 2.35. The number of nitriles is 1. The van der Waals surface area contributed by atoms with Crippen LogP contribution >= 0.6 is 11.6 Å². The van der Waals surface area contributed by atoms with E-state index < -0.39 is 29.7 Å². The van der Waals surface area contributed by atoms with Crippen LogP contribution in [0.3, 0.4) is 0 Å². The summed E-state index contributed by atoms with van der Waals surface area (Å²) < 4.78 is 37.6. The molecule has 0 radical (unpaired) electrons. The van der Waals surface area contributed by atoms with Gasteiger partial charge in [0.15, 0.2) is 0 Å². The van der Waals surface area contributed by atoms with Gasteiger partial charge in [-0.15, -0.1) is 0 Å². The number of benzene rings is 1. The molecule has 0 heterocycles. The summed E-state index contributed by atoms with van der Waals surface area (Å²) in [5.41, 5.74) is -2.25. The molecule has 1 N–H and O–H groups in total. The Morgan fingerprint density at radius 3 is 2.47 bits per heavy atom. The van der Waals surface area contributed by atoms with Crippen molar-refractivity contribution in [2.75, 3.05) is 0 Å². The fraction of sp³-hybridized carbons (Fsp3) is 0.200. The first-order valence-corrected chi connectivity index (χ1v) is 4.65. The fourth-order valence-electron chi connectivity index (χ4n) is 1.31. The maximum absolute atomic E-state index is 12.5. The largest absolute Gasteiger partial charge is 0.481 e. The van der Waals surface area contributed by atoms with Gasteiger partial charge in [-0.1, -0.05) is 11.6 Å². The van der Waals surface area contributed by atoms with E-state index in [1.807, 2.05) is 0 Å². The summed E-state index contributed by atoms with van der Waals surface area (Å²) in [6.45, 7) is 0. The van der Waals surface area contributed by atoms with Crippen molar-refractivity contribution < 1.29 is 23.1 Å². The van der Waals surface area contributed by atoms with Crippen LogP contribution in [0.4, 0.5) is 13.2 Å². The maximum atomic E-state index is 12.5. The van der Waals surface area contributed by atoms with Crippen LogP contribution in [-0.2, 0) is 17.4 Å². The number of halogens is 4. The van der Waals surface area contributed by atoms with E-state index >= 15 is 0 Å². The molecule has 0 unspecified atom stereocenters. The summed E-state index contributed by atoms with van der Waals surface area (Å²) >= 11 is 5.59. The van der Waals surface area contributed by atoms with Crippen LogP contribution in [0.1, 0.15) is 16.7 Å². The Hall–Kier alpha value is -1.74. The summed E-state index contributed by atoms with van der Waals surface area (Å²) in [7, 11) is 0. The first-order valence-electron chi connectivity index (χ1n) is 4.28. The number of carboxylic acid groups (broad SMARTS) is 1. The summed E-state index contributed by atoms with van der Waals surface area (Å²) in [5.74, 6) is -1.36. The second-order valence-electron chi connectivity index (χ2n) is 3.13. The summed E-state index contributed by atoms with van der Waals surface area (Å²) in [6, 6.07) is 2.94. The van der Waals surface area contributed by atoms with Crippen molar-refractivity contribution in [3.05, 3.63) is 33.8 Å². The van der Waals surface area contributed by atoms with E-state index in [1.54, 1.807) is 0 Å². The van der Waals surface area contributed by atoms with Crippen LogP contribution < -0.4 is 0 Å². The second-order valence-corrected chi connectivity index (χ2v) is 3.54. The predicted molar refractivity (Wildman–Crippen MR) is 52.5 cm³/mol. The van der Waals surface area contributed by atoms with Gasteiger partial charge in [0, 0.05) is 10.6 Å². The molecule has 90 valence electrons. The molecular weight excluding hydrogens is 259 g/mol. The van der Waals surface area contributed by atoms with Crippen LogP contribution in [0.25, 0.3) is 0 Å². The monoisotopic (exact) mass is 263 g/mol. The van der Waals surface area contributed by atoms with Crippen molar-refractivity contribution in [2.45, 2.75) is 12.6 Å². The van der Waals surface area contributed by atoms with E-state index in [4.69, 9.17) is 22.0 Å². The average molecular weight is 264 g/mol. The van der Waals surface area contributed by atoms with Crippen molar-refractivity contribution in [3.63, 3.8) is 0 Å². The number of hydrogen-bond acceptors (Lipinski definition) is 2. The van der Waals surface area contributed by atoms with Crippen LogP contribution in [0.15, 0.2) is 12.1 Å². The van der Waals surface area contributed by atoms with Gasteiger partial charge in [-0.2, -0.15) is 18.4 Å². The van der Waals surface area contributed by atoms with Gasteiger partial charge in [0.1, 0.15) is 6.07 Å². The molecule has 0 amide bonds. The number of carbonyl (C=O) groups is 1. The first kappa shape index (κ1) is 13.3. The van der Waals surface area contributed by atoms with Crippen LogP contribution in [0, 0.1) is 11.3 Å². The van der Waals surface area contributed by atoms with E-state index in [-0.39, 0.29) is 10.6 Å². The SMILES string of the molecule is N#Cc1c(C(F)(F)F)ccc(Cl)c1CC(=O)O. The van der Waals surface area contributed by atoms with Gasteiger partial charge < -0.3 is 5.11 Å². The molecule has 0 aromatic heterocycles. The van der Waals surface area contributed by atoms with E-state index in [2.05, 4.69) is 0 Å². The third-order valence-corrected chi connectivity index (χ3v) is 2.36. The molecule has 0 spiro atoms. The van der Waals surface area contributed by atoms with E-state index in [1.165, 1.54) is 6.07 Å². The topological polar surface area (TPSA) is 61.1 Å². The lowest BCUT2D eigenvalue weighted by atomic mass is 9.99. The summed E-state index contributed by atoms with van der Waals surface area (Å²) in [4.78, 5) is 10.5. The molecule has 1 aromatic carbocycles. The normalized spacial score (nSPS) is 11.0. The number of aliphatic carboxylic acids is 1. The van der Waals surface area contributed by atoms with E-state index in [0.717, 1.165) is 6.07 Å². The molecule has 17 heavy (non-hydrogen) atoms. The number of carboxylic acids is 1. The fourth-order valence-corrected chi connectivity index (χ4v) is 1.53. The zero-order chi connectivity index (χ0) is 13.2. The highest BCUT2D eigenvalue weighted by Crippen LogP contribution is 2.35. The zero-order valence-electron chi connectivity index (χ0n) is 8.18. The van der Waals surface area contributed by atoms with Gasteiger partial charge in [-0.05, 0) is 12.1 Å². The maximum Gasteiger partial charge on any atom is 0.417 e. The number of hydrogen-bond donors (Lipinski definition) is 1. The Bertz CT molecular complexity index is 505. The van der Waals surface area contributed by atoms with Gasteiger partial charge in [0.25, 0.3) is 0 Å². The lowest BCUT2D eigenvalue weighted by molar-refractivity contribution is -0.139. The molecular formula is C10H5ClF3NO2. The van der Waals surface area contributed by atoms with Crippen LogP contribution in [0.5, 0.6) is 0 Å². The second kappa shape index (κ2) is 4.63. The minimum atomic E-state index is -4.72. The summed E-state index contributed by atoms with van der Waals surface area (Å²) in [5, 5.41) is 17.1. The quantitative estimate of drug-likeness (QED) is 0.892. The average Bonchev–Trinajstić information content (AvgIpc) is 2.18. The van der Waals surface area contributed by atoms with Gasteiger partial charge in [-0.25, -0.2) is 0 Å². The molecule has 0 fully saturated rings. The first-order chi connectivity index (χ1) is 7.77. The molecule has 0 aliphatic heterocycles. The molecule has 0 bridgehead atoms. The van der Waals surface area contributed by atoms with Crippen LogP contribution in [0.2, 0.25) is 5.02 Å². The molecule has 1 rings (SSSR count). The molecule has 0 aliphatic carbocycles. The third kappa shape index (κ3) is 2.88. The Kier molecular flexibility index (Phi) is 3.63. The predicted octanol–water partition coefficient (Wildman–Crippen LogP) is 2.86. The lowest BCUT2D eigenvalue weighted by Crippen LogP contribution is -2.12. The zero-order valence-corrected chi connectivity index (χ0v) is 8.93. The Morgan fingerprint density at radius 2 is 2.06 bits per heavy atom. The Balaban J connectivity index is 3.49. The van der Waals surface area contributed by atoms with Gasteiger partial charge in [-0.3, -0.25) is 4.79 Å². The standard InChI is InChI=1S/C10H5ClF3NO2/c11-8-2-1-7(10(12,13)14)6(4-15)5(8)3-9(16)17/h1-2H,3H2,(H,16,17). The highest BCUT2D eigenvalue weighted by atomic mass is 35.5. The molecule has 3 nitrogen and oxygen atoms in total. The highest BCUT2D eigenvalue weighted by molar-refractivity contribution is 6.31. The van der Waals surface area contributed by atoms with Crippen LogP contribution in [-0.4, -0.2) is 11.1 Å². The molecule has 0 saturated carbocycles. The Labute approximate surface area is 99.0 Å². The van der Waals surface area contributed by atoms with E-state index in [9.17, 15) is 18.0 Å². The third-order valence-electron chi connectivity index (χ3n) is 2.00. The molecule has 0 aliphatic rings. The van der Waals surface area contributed by atoms with Gasteiger partial charge >= 0.3 is 12.1 Å². The molecule has 1 aromatic rings. The number of rotatable bonds is 2. The van der Waals surface area contributed by atoms with Crippen molar-refractivity contribution in [1.29, 1.82) is 5.26 Å². The van der Waals surface area contributed by atoms with Crippen molar-refractivity contribution in [2.24, 2.45) is 0 Å². The smallest absolute Gasteiger partial charge is 0.417 e. The lowest BCUT2D eigenvalue weighted by Gasteiger charge is -2.12. The minimum absolute atomic E-state index is 0.169. The van der Waals surface area contributed by atoms with Gasteiger partial charge in [0.2, 0.25) is 0 Å². The Morgan fingerprint density at radius 1 is 1.47 bits per heavy atom. The molecule has 0 atom stereocenters.